The molecule has 0 aromatic carbocycles. The predicted molar refractivity (Wildman–Crippen MR) is 76.2 cm³/mol. The zero-order valence-corrected chi connectivity index (χ0v) is 11.7. The summed E-state index contributed by atoms with van der Waals surface area (Å²) in [6, 6.07) is 0. The molecule has 1 heterocycles. The maximum atomic E-state index is 4.47. The quantitative estimate of drug-likeness (QED) is 0.805. The maximum Gasteiger partial charge on any atom is 0.137 e. The fourth-order valence-corrected chi connectivity index (χ4v) is 2.16. The molecule has 1 N–H and O–H groups in total. The van der Waals surface area contributed by atoms with Gasteiger partial charge in [-0.2, -0.15) is 0 Å². The van der Waals surface area contributed by atoms with Crippen molar-refractivity contribution in [2.75, 3.05) is 29.9 Å². The molecule has 1 aliphatic rings. The number of hydrogen-bond donors (Lipinski definition) is 1. The zero-order valence-electron chi connectivity index (χ0n) is 11.7. The second kappa shape index (κ2) is 6.03. The summed E-state index contributed by atoms with van der Waals surface area (Å²) in [6.45, 7) is 9.59. The van der Waals surface area contributed by atoms with Gasteiger partial charge in [0.2, 0.25) is 0 Å². The van der Waals surface area contributed by atoms with Gasteiger partial charge in [0.1, 0.15) is 18.0 Å². The lowest BCUT2D eigenvalue weighted by Crippen LogP contribution is -2.27. The first kappa shape index (κ1) is 13.1. The highest BCUT2D eigenvalue weighted by molar-refractivity contribution is 5.57. The highest BCUT2D eigenvalue weighted by Crippen LogP contribution is 2.32. The van der Waals surface area contributed by atoms with Crippen LogP contribution in [0, 0.1) is 12.8 Å². The van der Waals surface area contributed by atoms with E-state index in [9.17, 15) is 0 Å². The van der Waals surface area contributed by atoms with Gasteiger partial charge >= 0.3 is 0 Å². The summed E-state index contributed by atoms with van der Waals surface area (Å²) in [4.78, 5) is 11.2. The molecule has 0 atom stereocenters. The van der Waals surface area contributed by atoms with Crippen molar-refractivity contribution in [3.63, 3.8) is 0 Å². The lowest BCUT2D eigenvalue weighted by Gasteiger charge is -2.24. The summed E-state index contributed by atoms with van der Waals surface area (Å²) in [5, 5.41) is 3.37. The first-order valence-electron chi connectivity index (χ1n) is 7.06. The smallest absolute Gasteiger partial charge is 0.137 e. The Morgan fingerprint density at radius 3 is 2.72 bits per heavy atom. The van der Waals surface area contributed by atoms with E-state index in [1.807, 2.05) is 0 Å². The van der Waals surface area contributed by atoms with E-state index in [-0.39, 0.29) is 0 Å². The predicted octanol–water partition coefficient (Wildman–Crippen LogP) is 2.84. The summed E-state index contributed by atoms with van der Waals surface area (Å²) in [7, 11) is 0. The van der Waals surface area contributed by atoms with Crippen LogP contribution in [0.25, 0.3) is 0 Å². The molecule has 18 heavy (non-hydrogen) atoms. The Labute approximate surface area is 110 Å². The van der Waals surface area contributed by atoms with E-state index in [1.165, 1.54) is 18.4 Å². The van der Waals surface area contributed by atoms with Gasteiger partial charge in [-0.3, -0.25) is 0 Å². The minimum atomic E-state index is 0.881. The van der Waals surface area contributed by atoms with Crippen LogP contribution in [-0.2, 0) is 0 Å². The highest BCUT2D eigenvalue weighted by atomic mass is 15.2. The summed E-state index contributed by atoms with van der Waals surface area (Å²) in [6.07, 6.45) is 5.54. The van der Waals surface area contributed by atoms with Crippen LogP contribution in [0.4, 0.5) is 11.6 Å². The van der Waals surface area contributed by atoms with Crippen LogP contribution in [0.3, 0.4) is 0 Å². The number of aromatic nitrogens is 2. The van der Waals surface area contributed by atoms with Crippen molar-refractivity contribution in [2.24, 2.45) is 5.92 Å². The number of hydrogen-bond acceptors (Lipinski definition) is 4. The first-order chi connectivity index (χ1) is 8.76. The van der Waals surface area contributed by atoms with Gasteiger partial charge in [0.25, 0.3) is 0 Å². The summed E-state index contributed by atoms with van der Waals surface area (Å²) >= 11 is 0. The van der Waals surface area contributed by atoms with Crippen molar-refractivity contribution in [2.45, 2.75) is 40.0 Å². The Kier molecular flexibility index (Phi) is 4.39. The van der Waals surface area contributed by atoms with E-state index in [0.717, 1.165) is 43.6 Å². The second-order valence-corrected chi connectivity index (χ2v) is 5.08. The molecule has 1 aliphatic carbocycles. The average molecular weight is 248 g/mol. The molecule has 1 aromatic rings. The molecular weight excluding hydrogens is 224 g/mol. The molecule has 0 aliphatic heterocycles. The Morgan fingerprint density at radius 1 is 1.33 bits per heavy atom. The summed E-state index contributed by atoms with van der Waals surface area (Å²) in [5.41, 5.74) is 1.17. The minimum Gasteiger partial charge on any atom is -0.370 e. The largest absolute Gasteiger partial charge is 0.370 e. The Hall–Kier alpha value is -1.32. The van der Waals surface area contributed by atoms with Gasteiger partial charge in [0, 0.05) is 25.2 Å². The SMILES string of the molecule is CCCNc1ncnc(N(CC)CC2CC2)c1C. The molecule has 100 valence electrons. The van der Waals surface area contributed by atoms with E-state index < -0.39 is 0 Å². The Balaban J connectivity index is 2.14. The zero-order chi connectivity index (χ0) is 13.0. The molecule has 4 heteroatoms. The highest BCUT2D eigenvalue weighted by Gasteiger charge is 2.25. The molecule has 2 rings (SSSR count). The standard InChI is InChI=1S/C14H24N4/c1-4-8-15-13-11(3)14(17-10-16-13)18(5-2)9-12-6-7-12/h10,12H,4-9H2,1-3H3,(H,15,16,17). The molecule has 0 bridgehead atoms. The summed E-state index contributed by atoms with van der Waals surface area (Å²) < 4.78 is 0. The molecule has 0 saturated heterocycles. The van der Waals surface area contributed by atoms with Crippen LogP contribution in [0.1, 0.15) is 38.7 Å². The number of anilines is 2. The average Bonchev–Trinajstić information content (AvgIpc) is 3.19. The van der Waals surface area contributed by atoms with E-state index in [1.54, 1.807) is 6.33 Å². The maximum absolute atomic E-state index is 4.47. The Bertz CT molecular complexity index is 387. The van der Waals surface area contributed by atoms with Gasteiger partial charge in [-0.15, -0.1) is 0 Å². The fraction of sp³-hybridized carbons (Fsp3) is 0.714. The molecule has 0 radical (unpaired) electrons. The van der Waals surface area contributed by atoms with Crippen molar-refractivity contribution >= 4 is 11.6 Å². The van der Waals surface area contributed by atoms with Crippen LogP contribution >= 0.6 is 0 Å². The van der Waals surface area contributed by atoms with Crippen molar-refractivity contribution < 1.29 is 0 Å². The molecule has 0 amide bonds. The molecule has 0 unspecified atom stereocenters. The second-order valence-electron chi connectivity index (χ2n) is 5.08. The van der Waals surface area contributed by atoms with Gasteiger partial charge in [-0.05, 0) is 39.0 Å². The van der Waals surface area contributed by atoms with Crippen LogP contribution in [0.5, 0.6) is 0 Å². The van der Waals surface area contributed by atoms with Crippen molar-refractivity contribution in [3.05, 3.63) is 11.9 Å². The van der Waals surface area contributed by atoms with Gasteiger partial charge in [-0.1, -0.05) is 6.92 Å². The molecule has 1 aromatic heterocycles. The van der Waals surface area contributed by atoms with Crippen LogP contribution in [0.15, 0.2) is 6.33 Å². The Morgan fingerprint density at radius 2 is 2.11 bits per heavy atom. The van der Waals surface area contributed by atoms with Gasteiger partial charge in [0.05, 0.1) is 0 Å². The number of nitrogens with one attached hydrogen (secondary N) is 1. The van der Waals surface area contributed by atoms with Crippen LogP contribution < -0.4 is 10.2 Å². The lowest BCUT2D eigenvalue weighted by atomic mass is 10.2. The fourth-order valence-electron chi connectivity index (χ4n) is 2.16. The third-order valence-electron chi connectivity index (χ3n) is 3.46. The third-order valence-corrected chi connectivity index (χ3v) is 3.46. The molecule has 4 nitrogen and oxygen atoms in total. The summed E-state index contributed by atoms with van der Waals surface area (Å²) in [5.74, 6) is 2.96. The molecule has 1 fully saturated rings. The number of nitrogens with zero attached hydrogens (tertiary/aromatic N) is 3. The van der Waals surface area contributed by atoms with E-state index in [0.29, 0.717) is 0 Å². The monoisotopic (exact) mass is 248 g/mol. The van der Waals surface area contributed by atoms with Crippen LogP contribution in [0.2, 0.25) is 0 Å². The van der Waals surface area contributed by atoms with E-state index >= 15 is 0 Å². The molecule has 0 spiro atoms. The number of rotatable bonds is 7. The van der Waals surface area contributed by atoms with Crippen LogP contribution in [-0.4, -0.2) is 29.6 Å². The molecular formula is C14H24N4. The van der Waals surface area contributed by atoms with E-state index in [2.05, 4.69) is 41.0 Å². The first-order valence-corrected chi connectivity index (χ1v) is 7.06. The van der Waals surface area contributed by atoms with Crippen molar-refractivity contribution in [3.8, 4) is 0 Å². The van der Waals surface area contributed by atoms with Gasteiger partial charge in [0.15, 0.2) is 0 Å². The lowest BCUT2D eigenvalue weighted by molar-refractivity contribution is 0.727. The third kappa shape index (κ3) is 3.12. The normalized spacial score (nSPS) is 14.6. The van der Waals surface area contributed by atoms with Gasteiger partial charge < -0.3 is 10.2 Å². The topological polar surface area (TPSA) is 41.1 Å². The van der Waals surface area contributed by atoms with Gasteiger partial charge in [-0.25, -0.2) is 9.97 Å². The molecule has 1 saturated carbocycles. The van der Waals surface area contributed by atoms with Crippen molar-refractivity contribution in [1.82, 2.24) is 9.97 Å². The minimum absolute atomic E-state index is 0.881. The van der Waals surface area contributed by atoms with Crippen molar-refractivity contribution in [1.29, 1.82) is 0 Å². The van der Waals surface area contributed by atoms with E-state index in [4.69, 9.17) is 0 Å².